The molecule has 0 saturated carbocycles. The summed E-state index contributed by atoms with van der Waals surface area (Å²) in [5.74, 6) is -1.87. The number of hydrogen-bond donors (Lipinski definition) is 0. The second-order valence-electron chi connectivity index (χ2n) is 2.07. The molecule has 1 atom stereocenters. The summed E-state index contributed by atoms with van der Waals surface area (Å²) in [4.78, 5) is 10.2. The van der Waals surface area contributed by atoms with Crippen LogP contribution in [0, 0.1) is 0 Å². The van der Waals surface area contributed by atoms with E-state index in [1.165, 1.54) is 0 Å². The Kier molecular flexibility index (Phi) is 3.99. The summed E-state index contributed by atoms with van der Waals surface area (Å²) in [6, 6.07) is 0. The van der Waals surface area contributed by atoms with Crippen molar-refractivity contribution >= 4 is 5.97 Å². The minimum Gasteiger partial charge on any atom is -0.463 e. The van der Waals surface area contributed by atoms with Gasteiger partial charge in [-0.3, -0.25) is 0 Å². The predicted octanol–water partition coefficient (Wildman–Crippen LogP) is 1.84. The van der Waals surface area contributed by atoms with Crippen molar-refractivity contribution in [1.29, 1.82) is 0 Å². The molecule has 0 fully saturated rings. The number of hydrogen-bond acceptors (Lipinski definition) is 2. The van der Waals surface area contributed by atoms with Crippen LogP contribution in [0.3, 0.4) is 0 Å². The van der Waals surface area contributed by atoms with Gasteiger partial charge < -0.3 is 4.74 Å². The van der Waals surface area contributed by atoms with Gasteiger partial charge in [-0.15, -0.1) is 0 Å². The Morgan fingerprint density at radius 2 is 2.00 bits per heavy atom. The average Bonchev–Trinajstić information content (AvgIpc) is 1.97. The molecule has 0 N–H and O–H groups in total. The van der Waals surface area contributed by atoms with Crippen LogP contribution in [0.5, 0.6) is 0 Å². The zero-order valence-electron chi connectivity index (χ0n) is 6.32. The van der Waals surface area contributed by atoms with Gasteiger partial charge in [-0.05, 0) is 6.42 Å². The highest BCUT2D eigenvalue weighted by Gasteiger charge is 2.46. The molecule has 0 amide bonds. The van der Waals surface area contributed by atoms with Gasteiger partial charge >= 0.3 is 12.1 Å². The molecule has 0 aliphatic carbocycles. The van der Waals surface area contributed by atoms with Crippen molar-refractivity contribution in [2.24, 2.45) is 0 Å². The lowest BCUT2D eigenvalue weighted by atomic mass is 10.4. The van der Waals surface area contributed by atoms with Crippen LogP contribution < -0.4 is 0 Å². The molecule has 72 valence electrons. The maximum absolute atomic E-state index is 12.0. The molecule has 0 aromatic carbocycles. The fourth-order valence-corrected chi connectivity index (χ4v) is 0.409. The SMILES string of the molecule is CCCOC(=O)C(F)C(F)(F)F. The molecule has 0 aromatic heterocycles. The van der Waals surface area contributed by atoms with E-state index in [4.69, 9.17) is 0 Å². The van der Waals surface area contributed by atoms with E-state index < -0.39 is 18.3 Å². The summed E-state index contributed by atoms with van der Waals surface area (Å²) in [6.07, 6.45) is -8.33. The molecular weight excluding hydrogens is 180 g/mol. The minimum absolute atomic E-state index is 0.199. The highest BCUT2D eigenvalue weighted by molar-refractivity contribution is 5.75. The van der Waals surface area contributed by atoms with Crippen LogP contribution in [-0.2, 0) is 9.53 Å². The lowest BCUT2D eigenvalue weighted by Crippen LogP contribution is -2.34. The van der Waals surface area contributed by atoms with Crippen molar-refractivity contribution in [2.45, 2.75) is 25.7 Å². The Hall–Kier alpha value is -0.810. The third kappa shape index (κ3) is 3.54. The summed E-state index contributed by atoms with van der Waals surface area (Å²) in [5.41, 5.74) is 0. The van der Waals surface area contributed by atoms with Crippen molar-refractivity contribution < 1.29 is 27.1 Å². The maximum Gasteiger partial charge on any atom is 0.430 e. The Morgan fingerprint density at radius 3 is 2.33 bits per heavy atom. The molecule has 0 aliphatic heterocycles. The van der Waals surface area contributed by atoms with Crippen molar-refractivity contribution in [1.82, 2.24) is 0 Å². The van der Waals surface area contributed by atoms with Crippen LogP contribution in [0.15, 0.2) is 0 Å². The Labute approximate surface area is 66.5 Å². The molecule has 0 radical (unpaired) electrons. The van der Waals surface area contributed by atoms with E-state index in [1.54, 1.807) is 6.92 Å². The predicted molar refractivity (Wildman–Crippen MR) is 32.2 cm³/mol. The quantitative estimate of drug-likeness (QED) is 0.499. The van der Waals surface area contributed by atoms with Gasteiger partial charge in [-0.2, -0.15) is 13.2 Å². The van der Waals surface area contributed by atoms with Crippen LogP contribution in [0.2, 0.25) is 0 Å². The Bertz CT molecular complexity index is 154. The largest absolute Gasteiger partial charge is 0.463 e. The van der Waals surface area contributed by atoms with Crippen molar-refractivity contribution in [3.63, 3.8) is 0 Å². The molecule has 0 bridgehead atoms. The lowest BCUT2D eigenvalue weighted by molar-refractivity contribution is -0.201. The zero-order valence-corrected chi connectivity index (χ0v) is 6.32. The number of rotatable bonds is 3. The zero-order chi connectivity index (χ0) is 9.78. The number of carbonyl (C=O) groups excluding carboxylic acids is 1. The fraction of sp³-hybridized carbons (Fsp3) is 0.833. The average molecular weight is 188 g/mol. The molecule has 6 heteroatoms. The van der Waals surface area contributed by atoms with Gasteiger partial charge in [-0.25, -0.2) is 9.18 Å². The second-order valence-corrected chi connectivity index (χ2v) is 2.07. The first-order valence-corrected chi connectivity index (χ1v) is 3.27. The number of halogens is 4. The van der Waals surface area contributed by atoms with Gasteiger partial charge in [0.2, 0.25) is 0 Å². The lowest BCUT2D eigenvalue weighted by Gasteiger charge is -2.10. The topological polar surface area (TPSA) is 26.3 Å². The molecule has 0 saturated heterocycles. The van der Waals surface area contributed by atoms with Gasteiger partial charge in [0.15, 0.2) is 0 Å². The summed E-state index contributed by atoms with van der Waals surface area (Å²) < 4.78 is 50.3. The standard InChI is InChI=1S/C6H8F4O2/c1-2-3-12-5(11)4(7)6(8,9)10/h4H,2-3H2,1H3. The van der Waals surface area contributed by atoms with Crippen LogP contribution in [0.25, 0.3) is 0 Å². The smallest absolute Gasteiger partial charge is 0.430 e. The molecular formula is C6H8F4O2. The van der Waals surface area contributed by atoms with E-state index in [0.29, 0.717) is 6.42 Å². The van der Waals surface area contributed by atoms with Gasteiger partial charge in [0.05, 0.1) is 6.61 Å². The van der Waals surface area contributed by atoms with Crippen LogP contribution >= 0.6 is 0 Å². The van der Waals surface area contributed by atoms with E-state index in [2.05, 4.69) is 4.74 Å². The van der Waals surface area contributed by atoms with E-state index in [9.17, 15) is 22.4 Å². The molecule has 12 heavy (non-hydrogen) atoms. The van der Waals surface area contributed by atoms with Gasteiger partial charge in [0.1, 0.15) is 0 Å². The highest BCUT2D eigenvalue weighted by atomic mass is 19.4. The Morgan fingerprint density at radius 1 is 1.50 bits per heavy atom. The first kappa shape index (κ1) is 11.2. The second kappa shape index (κ2) is 4.27. The normalized spacial score (nSPS) is 14.1. The molecule has 1 unspecified atom stereocenters. The van der Waals surface area contributed by atoms with E-state index in [0.717, 1.165) is 0 Å². The fourth-order valence-electron chi connectivity index (χ4n) is 0.409. The van der Waals surface area contributed by atoms with Crippen molar-refractivity contribution in [3.8, 4) is 0 Å². The molecule has 0 aromatic rings. The summed E-state index contributed by atoms with van der Waals surface area (Å²) >= 11 is 0. The third-order valence-electron chi connectivity index (χ3n) is 0.943. The first-order chi connectivity index (χ1) is 5.39. The van der Waals surface area contributed by atoms with E-state index in [1.807, 2.05) is 0 Å². The molecule has 2 nitrogen and oxygen atoms in total. The van der Waals surface area contributed by atoms with Crippen LogP contribution in [-0.4, -0.2) is 24.9 Å². The maximum atomic E-state index is 12.0. The van der Waals surface area contributed by atoms with E-state index in [-0.39, 0.29) is 6.61 Å². The van der Waals surface area contributed by atoms with Crippen LogP contribution in [0.4, 0.5) is 17.6 Å². The van der Waals surface area contributed by atoms with Gasteiger partial charge in [0, 0.05) is 0 Å². The van der Waals surface area contributed by atoms with E-state index >= 15 is 0 Å². The number of esters is 1. The summed E-state index contributed by atoms with van der Waals surface area (Å²) in [7, 11) is 0. The highest BCUT2D eigenvalue weighted by Crippen LogP contribution is 2.23. The Balaban J connectivity index is 3.94. The minimum atomic E-state index is -5.16. The summed E-state index contributed by atoms with van der Waals surface area (Å²) in [6.45, 7) is 1.39. The molecule has 0 spiro atoms. The molecule has 0 aliphatic rings. The molecule has 0 rings (SSSR count). The van der Waals surface area contributed by atoms with Gasteiger partial charge in [-0.1, -0.05) is 6.92 Å². The molecule has 0 heterocycles. The first-order valence-electron chi connectivity index (χ1n) is 3.27. The van der Waals surface area contributed by atoms with Crippen molar-refractivity contribution in [3.05, 3.63) is 0 Å². The number of carbonyl (C=O) groups is 1. The van der Waals surface area contributed by atoms with Gasteiger partial charge in [0.25, 0.3) is 6.17 Å². The van der Waals surface area contributed by atoms with Crippen LogP contribution in [0.1, 0.15) is 13.3 Å². The monoisotopic (exact) mass is 188 g/mol. The van der Waals surface area contributed by atoms with Crippen molar-refractivity contribution in [2.75, 3.05) is 6.61 Å². The number of alkyl halides is 4. The summed E-state index contributed by atoms with van der Waals surface area (Å²) in [5, 5.41) is 0. The number of ether oxygens (including phenoxy) is 1. The third-order valence-corrected chi connectivity index (χ3v) is 0.943.